The van der Waals surface area contributed by atoms with Gasteiger partial charge in [0.1, 0.15) is 23.0 Å². The van der Waals surface area contributed by atoms with Crippen molar-refractivity contribution in [3.05, 3.63) is 330 Å². The molecule has 77 heavy (non-hydrogen) atoms. The van der Waals surface area contributed by atoms with Gasteiger partial charge < -0.3 is 14.4 Å². The maximum atomic E-state index is 6.64. The van der Waals surface area contributed by atoms with Crippen molar-refractivity contribution in [2.24, 2.45) is 0 Å². The molecule has 0 N–H and O–H groups in total. The molecule has 0 bridgehead atoms. The number of anilines is 3. The Balaban J connectivity index is 0.796. The predicted molar refractivity (Wildman–Crippen MR) is 312 cm³/mol. The van der Waals surface area contributed by atoms with Gasteiger partial charge >= 0.3 is 0 Å². The molecule has 0 atom stereocenters. The summed E-state index contributed by atoms with van der Waals surface area (Å²) in [5, 5.41) is 0. The highest BCUT2D eigenvalue weighted by molar-refractivity contribution is 5.93. The fourth-order valence-corrected chi connectivity index (χ4v) is 13.6. The summed E-state index contributed by atoms with van der Waals surface area (Å²) in [5.41, 5.74) is 24.0. The smallest absolute Gasteiger partial charge is 0.132 e. The average molecular weight is 982 g/mol. The molecule has 2 heterocycles. The molecule has 0 fully saturated rings. The van der Waals surface area contributed by atoms with E-state index in [4.69, 9.17) is 9.47 Å². The molecule has 3 heteroatoms. The lowest BCUT2D eigenvalue weighted by molar-refractivity contribution is 0.436. The van der Waals surface area contributed by atoms with E-state index in [-0.39, 0.29) is 0 Å². The molecule has 3 nitrogen and oxygen atoms in total. The number of benzene rings is 12. The predicted octanol–water partition coefficient (Wildman–Crippen LogP) is 19.1. The monoisotopic (exact) mass is 981 g/mol. The van der Waals surface area contributed by atoms with Gasteiger partial charge in [-0.1, -0.05) is 212 Å². The number of fused-ring (bicyclic) bond motifs is 18. The fourth-order valence-electron chi connectivity index (χ4n) is 13.6. The molecule has 0 saturated carbocycles. The summed E-state index contributed by atoms with van der Waals surface area (Å²) in [6, 6.07) is 104. The van der Waals surface area contributed by atoms with Crippen molar-refractivity contribution in [1.82, 2.24) is 0 Å². The summed E-state index contributed by atoms with van der Waals surface area (Å²) >= 11 is 0. The van der Waals surface area contributed by atoms with E-state index < -0.39 is 10.8 Å². The van der Waals surface area contributed by atoms with Gasteiger partial charge in [0.25, 0.3) is 0 Å². The van der Waals surface area contributed by atoms with Gasteiger partial charge in [-0.3, -0.25) is 0 Å². The maximum Gasteiger partial charge on any atom is 0.132 e. The van der Waals surface area contributed by atoms with Gasteiger partial charge in [0.05, 0.1) is 10.8 Å². The SMILES string of the molecule is c1ccc(-c2cccc(N(c3ccc(-c4ccc5c(c4)-c4ccccc4C54c5ccccc5Oc5ccccc54)cc3)c3ccc(-c4ccc5c(c4)C4(c6ccccc6Oc6ccccc64)c4ccccc4-5)cc3)c2)cc1. The van der Waals surface area contributed by atoms with Crippen LogP contribution < -0.4 is 14.4 Å². The lowest BCUT2D eigenvalue weighted by Gasteiger charge is -2.39. The summed E-state index contributed by atoms with van der Waals surface area (Å²) < 4.78 is 13.2. The molecule has 4 aliphatic rings. The van der Waals surface area contributed by atoms with Gasteiger partial charge in [-0.2, -0.15) is 0 Å². The van der Waals surface area contributed by atoms with E-state index in [0.29, 0.717) is 0 Å². The topological polar surface area (TPSA) is 21.7 Å². The van der Waals surface area contributed by atoms with Crippen LogP contribution in [0.4, 0.5) is 17.1 Å². The highest BCUT2D eigenvalue weighted by Gasteiger charge is 2.52. The zero-order valence-corrected chi connectivity index (χ0v) is 41.9. The Morgan fingerprint density at radius 2 is 0.571 bits per heavy atom. The zero-order valence-electron chi connectivity index (χ0n) is 41.9. The molecule has 16 rings (SSSR count). The third-order valence-corrected chi connectivity index (χ3v) is 16.8. The standard InChI is InChI=1S/C74H47NO2/c1-2-17-48(18-3-1)51-19-16-20-56(45-51)75(54-39-33-49(34-40-54)52-38-44-63-60(46-52)58-22-5-7-24-62(58)73(63)64-25-8-12-29-69(64)76-70-30-13-9-26-65(70)73)55-41-35-50(36-42-55)53-37-43-59-57-21-4-6-23-61(57)74(68(59)47-53)66-27-10-14-31-71(66)77-72-32-15-11-28-67(72)74/h1-47H. The number of ether oxygens (including phenoxy) is 2. The lowest BCUT2D eigenvalue weighted by Crippen LogP contribution is -2.32. The summed E-state index contributed by atoms with van der Waals surface area (Å²) in [6.45, 7) is 0. The normalized spacial score (nSPS) is 13.9. The first-order valence-electron chi connectivity index (χ1n) is 26.6. The average Bonchev–Trinajstić information content (AvgIpc) is 4.18. The van der Waals surface area contributed by atoms with Crippen molar-refractivity contribution in [2.45, 2.75) is 10.8 Å². The fraction of sp³-hybridized carbons (Fsp3) is 0.0270. The molecule has 2 aliphatic carbocycles. The van der Waals surface area contributed by atoms with Crippen molar-refractivity contribution in [1.29, 1.82) is 0 Å². The van der Waals surface area contributed by atoms with Crippen LogP contribution in [0.5, 0.6) is 23.0 Å². The third-order valence-electron chi connectivity index (χ3n) is 16.8. The Bertz CT molecular complexity index is 4250. The van der Waals surface area contributed by atoms with E-state index in [1.807, 2.05) is 0 Å². The van der Waals surface area contributed by atoms with Crippen LogP contribution in [0, 0.1) is 0 Å². The van der Waals surface area contributed by atoms with Crippen LogP contribution in [0.25, 0.3) is 55.6 Å². The van der Waals surface area contributed by atoms with Crippen LogP contribution in [-0.4, -0.2) is 0 Å². The second-order valence-electron chi connectivity index (χ2n) is 20.6. The summed E-state index contributed by atoms with van der Waals surface area (Å²) in [7, 11) is 0. The Labute approximate surface area is 448 Å². The van der Waals surface area contributed by atoms with Gasteiger partial charge in [0.2, 0.25) is 0 Å². The second kappa shape index (κ2) is 16.8. The third kappa shape index (κ3) is 6.26. The van der Waals surface area contributed by atoms with Crippen LogP contribution in [0.2, 0.25) is 0 Å². The molecular weight excluding hydrogens is 935 g/mol. The molecule has 12 aromatic rings. The van der Waals surface area contributed by atoms with Gasteiger partial charge in [-0.15, -0.1) is 0 Å². The van der Waals surface area contributed by atoms with Crippen LogP contribution >= 0.6 is 0 Å². The van der Waals surface area contributed by atoms with E-state index >= 15 is 0 Å². The van der Waals surface area contributed by atoms with Gasteiger partial charge in [0.15, 0.2) is 0 Å². The van der Waals surface area contributed by atoms with Crippen LogP contribution in [-0.2, 0) is 10.8 Å². The molecule has 12 aromatic carbocycles. The van der Waals surface area contributed by atoms with Crippen LogP contribution in [0.1, 0.15) is 44.5 Å². The van der Waals surface area contributed by atoms with Gasteiger partial charge in [-0.25, -0.2) is 0 Å². The van der Waals surface area contributed by atoms with Crippen molar-refractivity contribution >= 4 is 17.1 Å². The first kappa shape index (κ1) is 43.4. The first-order chi connectivity index (χ1) is 38.2. The minimum atomic E-state index is -0.532. The molecule has 0 saturated heterocycles. The van der Waals surface area contributed by atoms with E-state index in [9.17, 15) is 0 Å². The molecule has 360 valence electrons. The number of hydrogen-bond donors (Lipinski definition) is 0. The van der Waals surface area contributed by atoms with Crippen molar-refractivity contribution in [3.8, 4) is 78.6 Å². The number of hydrogen-bond acceptors (Lipinski definition) is 3. The Hall–Kier alpha value is -9.96. The summed E-state index contributed by atoms with van der Waals surface area (Å²) in [6.07, 6.45) is 0. The molecule has 2 spiro atoms. The number of rotatable bonds is 6. The summed E-state index contributed by atoms with van der Waals surface area (Å²) in [4.78, 5) is 2.38. The van der Waals surface area contributed by atoms with Crippen molar-refractivity contribution < 1.29 is 9.47 Å². The lowest BCUT2D eigenvalue weighted by atomic mass is 9.66. The van der Waals surface area contributed by atoms with E-state index in [0.717, 1.165) is 56.8 Å². The maximum absolute atomic E-state index is 6.64. The Morgan fingerprint density at radius 3 is 1.12 bits per heavy atom. The number of para-hydroxylation sites is 4. The zero-order chi connectivity index (χ0) is 50.7. The van der Waals surface area contributed by atoms with Gasteiger partial charge in [-0.05, 0) is 151 Å². The minimum Gasteiger partial charge on any atom is -0.457 e. The Kier molecular flexibility index (Phi) is 9.47. The minimum absolute atomic E-state index is 0.498. The molecule has 2 aliphatic heterocycles. The molecule has 0 radical (unpaired) electrons. The summed E-state index contributed by atoms with van der Waals surface area (Å²) in [5.74, 6) is 3.59. The second-order valence-corrected chi connectivity index (χ2v) is 20.6. The van der Waals surface area contributed by atoms with E-state index in [1.165, 1.54) is 83.5 Å². The van der Waals surface area contributed by atoms with Crippen molar-refractivity contribution in [3.63, 3.8) is 0 Å². The molecule has 0 aromatic heterocycles. The van der Waals surface area contributed by atoms with Gasteiger partial charge in [0, 0.05) is 39.3 Å². The highest BCUT2D eigenvalue weighted by Crippen LogP contribution is 2.64. The van der Waals surface area contributed by atoms with Crippen LogP contribution in [0.3, 0.4) is 0 Å². The molecule has 0 amide bonds. The number of nitrogens with zero attached hydrogens (tertiary/aromatic N) is 1. The first-order valence-corrected chi connectivity index (χ1v) is 26.6. The highest BCUT2D eigenvalue weighted by atomic mass is 16.5. The molecule has 0 unspecified atom stereocenters. The van der Waals surface area contributed by atoms with E-state index in [2.05, 4.69) is 290 Å². The van der Waals surface area contributed by atoms with Crippen molar-refractivity contribution in [2.75, 3.05) is 4.90 Å². The molecular formula is C74H47NO2. The van der Waals surface area contributed by atoms with Crippen LogP contribution in [0.15, 0.2) is 285 Å². The quantitative estimate of drug-likeness (QED) is 0.166. The Morgan fingerprint density at radius 1 is 0.208 bits per heavy atom. The largest absolute Gasteiger partial charge is 0.457 e. The van der Waals surface area contributed by atoms with E-state index in [1.54, 1.807) is 0 Å².